The average molecular weight is 186 g/mol. The topological polar surface area (TPSA) is 43.4 Å². The quantitative estimate of drug-likeness (QED) is 0.580. The molecule has 74 valence electrons. The van der Waals surface area contributed by atoms with E-state index in [9.17, 15) is 9.59 Å². The second kappa shape index (κ2) is 3.46. The molecule has 1 aliphatic heterocycles. The van der Waals surface area contributed by atoms with Gasteiger partial charge in [0, 0.05) is 6.42 Å². The Kier molecular flexibility index (Phi) is 2.71. The molecule has 4 heteroatoms. The van der Waals surface area contributed by atoms with Gasteiger partial charge in [0.15, 0.2) is 0 Å². The Balaban J connectivity index is 2.84. The molecule has 1 unspecified atom stereocenters. The van der Waals surface area contributed by atoms with Crippen molar-refractivity contribution in [1.29, 1.82) is 0 Å². The summed E-state index contributed by atoms with van der Waals surface area (Å²) in [5.41, 5.74) is 0. The van der Waals surface area contributed by atoms with Gasteiger partial charge in [-0.3, -0.25) is 0 Å². The summed E-state index contributed by atoms with van der Waals surface area (Å²) in [6, 6.07) is 0.0477. The number of quaternary nitrogens is 1. The first-order chi connectivity index (χ1) is 6.03. The summed E-state index contributed by atoms with van der Waals surface area (Å²) in [5, 5.41) is 0. The van der Waals surface area contributed by atoms with Crippen LogP contribution < -0.4 is 0 Å². The van der Waals surface area contributed by atoms with Gasteiger partial charge in [0.05, 0.1) is 20.1 Å². The smallest absolute Gasteiger partial charge is 0.420 e. The molecule has 0 saturated carbocycles. The van der Waals surface area contributed by atoms with Gasteiger partial charge in [-0.1, -0.05) is 0 Å². The van der Waals surface area contributed by atoms with E-state index in [-0.39, 0.29) is 16.4 Å². The SMILES string of the molecule is CCOC(=O)[N+]1(C)C(=O)CC[C@H]1C. The normalized spacial score (nSPS) is 33.5. The monoisotopic (exact) mass is 186 g/mol. The van der Waals surface area contributed by atoms with E-state index in [1.165, 1.54) is 0 Å². The second-order valence-corrected chi connectivity index (χ2v) is 3.56. The highest BCUT2D eigenvalue weighted by Gasteiger charge is 2.51. The lowest BCUT2D eigenvalue weighted by molar-refractivity contribution is -0.776. The van der Waals surface area contributed by atoms with E-state index in [0.717, 1.165) is 6.42 Å². The fourth-order valence-corrected chi connectivity index (χ4v) is 1.61. The lowest BCUT2D eigenvalue weighted by Gasteiger charge is -2.26. The van der Waals surface area contributed by atoms with Crippen LogP contribution in [0.25, 0.3) is 0 Å². The maximum absolute atomic E-state index is 11.5. The molecular weight excluding hydrogens is 170 g/mol. The van der Waals surface area contributed by atoms with Crippen molar-refractivity contribution in [3.8, 4) is 0 Å². The first kappa shape index (κ1) is 10.2. The van der Waals surface area contributed by atoms with Gasteiger partial charge in [0.2, 0.25) is 0 Å². The van der Waals surface area contributed by atoms with Crippen molar-refractivity contribution in [2.75, 3.05) is 13.7 Å². The van der Waals surface area contributed by atoms with Crippen LogP contribution in [0.2, 0.25) is 0 Å². The number of likely N-dealkylation sites (tertiary alicyclic amines) is 1. The van der Waals surface area contributed by atoms with Crippen molar-refractivity contribution >= 4 is 12.0 Å². The van der Waals surface area contributed by atoms with E-state index >= 15 is 0 Å². The average Bonchev–Trinajstić information content (AvgIpc) is 2.35. The predicted octanol–water partition coefficient (Wildman–Crippen LogP) is 1.30. The lowest BCUT2D eigenvalue weighted by Crippen LogP contribution is -2.54. The molecule has 1 fully saturated rings. The highest BCUT2D eigenvalue weighted by atomic mass is 16.6. The van der Waals surface area contributed by atoms with Gasteiger partial charge in [-0.15, -0.1) is 0 Å². The molecule has 0 bridgehead atoms. The van der Waals surface area contributed by atoms with Crippen molar-refractivity contribution in [2.24, 2.45) is 0 Å². The minimum atomic E-state index is -0.419. The Hall–Kier alpha value is -0.900. The van der Waals surface area contributed by atoms with E-state index < -0.39 is 6.09 Å². The molecule has 0 N–H and O–H groups in total. The molecule has 13 heavy (non-hydrogen) atoms. The molecule has 4 nitrogen and oxygen atoms in total. The van der Waals surface area contributed by atoms with E-state index in [1.54, 1.807) is 14.0 Å². The zero-order chi connectivity index (χ0) is 10.1. The van der Waals surface area contributed by atoms with Crippen LogP contribution in [-0.2, 0) is 9.53 Å². The van der Waals surface area contributed by atoms with Crippen LogP contribution in [0.1, 0.15) is 26.7 Å². The number of imide groups is 1. The van der Waals surface area contributed by atoms with Crippen LogP contribution in [0, 0.1) is 0 Å². The molecule has 0 spiro atoms. The maximum atomic E-state index is 11.5. The summed E-state index contributed by atoms with van der Waals surface area (Å²) < 4.78 is 4.70. The highest BCUT2D eigenvalue weighted by molar-refractivity contribution is 5.82. The van der Waals surface area contributed by atoms with Gasteiger partial charge in [0.25, 0.3) is 0 Å². The van der Waals surface area contributed by atoms with Crippen molar-refractivity contribution in [3.63, 3.8) is 0 Å². The van der Waals surface area contributed by atoms with E-state index in [2.05, 4.69) is 0 Å². The van der Waals surface area contributed by atoms with Crippen LogP contribution in [0.3, 0.4) is 0 Å². The standard InChI is InChI=1S/C9H16NO3/c1-4-13-9(12)10(3)7(2)5-6-8(10)11/h7H,4-6H2,1-3H3/q+1/t7-,10?/m1/s1. The largest absolute Gasteiger partial charge is 0.523 e. The third-order valence-corrected chi connectivity index (χ3v) is 2.82. The minimum absolute atomic E-state index is 0.0362. The van der Waals surface area contributed by atoms with Gasteiger partial charge < -0.3 is 4.74 Å². The van der Waals surface area contributed by atoms with Crippen LogP contribution in [-0.4, -0.2) is 36.2 Å². The molecule has 0 aromatic heterocycles. The zero-order valence-electron chi connectivity index (χ0n) is 8.37. The molecule has 0 aromatic carbocycles. The van der Waals surface area contributed by atoms with Crippen LogP contribution >= 0.6 is 0 Å². The summed E-state index contributed by atoms with van der Waals surface area (Å²) in [7, 11) is 1.64. The van der Waals surface area contributed by atoms with Crippen LogP contribution in [0.15, 0.2) is 0 Å². The Bertz CT molecular complexity index is 239. The number of rotatable bonds is 1. The first-order valence-corrected chi connectivity index (χ1v) is 4.60. The number of carbonyl (C=O) groups excluding carboxylic acids is 2. The molecule has 1 saturated heterocycles. The second-order valence-electron chi connectivity index (χ2n) is 3.56. The summed E-state index contributed by atoms with van der Waals surface area (Å²) in [5.74, 6) is -0.0362. The van der Waals surface area contributed by atoms with Crippen molar-refractivity contribution < 1.29 is 18.8 Å². The van der Waals surface area contributed by atoms with Crippen LogP contribution in [0.5, 0.6) is 0 Å². The van der Waals surface area contributed by atoms with Crippen molar-refractivity contribution in [2.45, 2.75) is 32.7 Å². The number of carbonyl (C=O) groups is 2. The molecule has 0 radical (unpaired) electrons. The third-order valence-electron chi connectivity index (χ3n) is 2.82. The van der Waals surface area contributed by atoms with Crippen LogP contribution in [0.4, 0.5) is 4.79 Å². The summed E-state index contributed by atoms with van der Waals surface area (Å²) >= 11 is 0. The number of nitrogens with zero attached hydrogens (tertiary/aromatic N) is 1. The van der Waals surface area contributed by atoms with Crippen molar-refractivity contribution in [1.82, 2.24) is 0 Å². The Labute approximate surface area is 78.1 Å². The molecule has 0 aliphatic carbocycles. The van der Waals surface area contributed by atoms with Gasteiger partial charge in [0.1, 0.15) is 6.04 Å². The number of amides is 2. The third kappa shape index (κ3) is 1.46. The van der Waals surface area contributed by atoms with Gasteiger partial charge >= 0.3 is 12.0 Å². The Morgan fingerprint density at radius 3 is 2.69 bits per heavy atom. The van der Waals surface area contributed by atoms with E-state index in [0.29, 0.717) is 13.0 Å². The van der Waals surface area contributed by atoms with E-state index in [1.807, 2.05) is 6.92 Å². The molecular formula is C9H16NO3+. The summed E-state index contributed by atoms with van der Waals surface area (Å²) in [6.45, 7) is 3.98. The number of hydrogen-bond acceptors (Lipinski definition) is 3. The van der Waals surface area contributed by atoms with Gasteiger partial charge in [-0.2, -0.15) is 9.28 Å². The predicted molar refractivity (Wildman–Crippen MR) is 46.9 cm³/mol. The highest BCUT2D eigenvalue weighted by Crippen LogP contribution is 2.26. The molecule has 1 aliphatic rings. The molecule has 2 amide bonds. The summed E-state index contributed by atoms with van der Waals surface area (Å²) in [4.78, 5) is 23.0. The zero-order valence-corrected chi connectivity index (χ0v) is 8.37. The molecule has 1 heterocycles. The fraction of sp³-hybridized carbons (Fsp3) is 0.778. The van der Waals surface area contributed by atoms with Crippen molar-refractivity contribution in [3.05, 3.63) is 0 Å². The first-order valence-electron chi connectivity index (χ1n) is 4.60. The number of hydrogen-bond donors (Lipinski definition) is 0. The Morgan fingerprint density at radius 1 is 1.69 bits per heavy atom. The lowest BCUT2D eigenvalue weighted by atomic mass is 10.2. The molecule has 0 aromatic rings. The number of ether oxygens (including phenoxy) is 1. The molecule has 2 atom stereocenters. The fourth-order valence-electron chi connectivity index (χ4n) is 1.61. The van der Waals surface area contributed by atoms with E-state index in [4.69, 9.17) is 4.74 Å². The van der Waals surface area contributed by atoms with Gasteiger partial charge in [-0.05, 0) is 13.8 Å². The Morgan fingerprint density at radius 2 is 2.31 bits per heavy atom. The minimum Gasteiger partial charge on any atom is -0.420 e. The molecule has 1 rings (SSSR count). The maximum Gasteiger partial charge on any atom is 0.523 e. The van der Waals surface area contributed by atoms with Gasteiger partial charge in [-0.25, -0.2) is 4.79 Å². The summed E-state index contributed by atoms with van der Waals surface area (Å²) in [6.07, 6.45) is 0.836.